The van der Waals surface area contributed by atoms with E-state index < -0.39 is 5.82 Å². The van der Waals surface area contributed by atoms with Crippen LogP contribution in [0.25, 0.3) is 10.2 Å². The van der Waals surface area contributed by atoms with Crippen molar-refractivity contribution in [2.45, 2.75) is 6.54 Å². The molecule has 0 saturated carbocycles. The van der Waals surface area contributed by atoms with Crippen molar-refractivity contribution in [2.75, 3.05) is 12.0 Å². The fourth-order valence-electron chi connectivity index (χ4n) is 2.87. The molecule has 0 fully saturated rings. The van der Waals surface area contributed by atoms with E-state index in [0.717, 1.165) is 10.3 Å². The van der Waals surface area contributed by atoms with E-state index in [1.165, 1.54) is 40.5 Å². The first-order chi connectivity index (χ1) is 14.1. The van der Waals surface area contributed by atoms with Gasteiger partial charge < -0.3 is 4.74 Å². The van der Waals surface area contributed by atoms with Crippen molar-refractivity contribution in [3.8, 4) is 5.75 Å². The van der Waals surface area contributed by atoms with E-state index >= 15 is 0 Å². The molecule has 4 aromatic rings. The maximum absolute atomic E-state index is 13.3. The summed E-state index contributed by atoms with van der Waals surface area (Å²) in [7, 11) is 1.55. The van der Waals surface area contributed by atoms with Crippen molar-refractivity contribution in [3.05, 3.63) is 82.9 Å². The molecule has 0 aliphatic heterocycles. The van der Waals surface area contributed by atoms with Crippen molar-refractivity contribution >= 4 is 44.2 Å². The Bertz CT molecular complexity index is 1170. The first kappa shape index (κ1) is 19.3. The minimum atomic E-state index is -0.406. The smallest absolute Gasteiger partial charge is 0.260 e. The van der Waals surface area contributed by atoms with Gasteiger partial charge in [0.15, 0.2) is 5.13 Å². The molecule has 1 amide bonds. The van der Waals surface area contributed by atoms with E-state index in [2.05, 4.69) is 9.97 Å². The first-order valence-corrected chi connectivity index (χ1v) is 9.85. The molecule has 146 valence electrons. The van der Waals surface area contributed by atoms with Crippen LogP contribution in [0.1, 0.15) is 15.9 Å². The molecule has 0 radical (unpaired) electrons. The van der Waals surface area contributed by atoms with E-state index in [4.69, 9.17) is 16.3 Å². The zero-order valence-corrected chi connectivity index (χ0v) is 16.9. The molecule has 0 aliphatic rings. The van der Waals surface area contributed by atoms with Gasteiger partial charge in [-0.2, -0.15) is 0 Å². The molecular formula is C21H15ClFN3O2S. The maximum Gasteiger partial charge on any atom is 0.260 e. The minimum absolute atomic E-state index is 0.254. The van der Waals surface area contributed by atoms with Crippen molar-refractivity contribution in [2.24, 2.45) is 0 Å². The number of anilines is 1. The van der Waals surface area contributed by atoms with Gasteiger partial charge in [0.25, 0.3) is 5.91 Å². The summed E-state index contributed by atoms with van der Waals surface area (Å²) in [6.45, 7) is 0.254. The molecule has 0 aliphatic carbocycles. The summed E-state index contributed by atoms with van der Waals surface area (Å²) < 4.78 is 19.4. The van der Waals surface area contributed by atoms with E-state index in [-0.39, 0.29) is 12.5 Å². The van der Waals surface area contributed by atoms with Crippen LogP contribution in [-0.2, 0) is 6.54 Å². The third-order valence-electron chi connectivity index (χ3n) is 4.30. The van der Waals surface area contributed by atoms with E-state index in [9.17, 15) is 9.18 Å². The fraction of sp³-hybridized carbons (Fsp3) is 0.0952. The predicted octanol–water partition coefficient (Wildman–Crippen LogP) is 5.34. The fourth-order valence-corrected chi connectivity index (χ4v) is 4.12. The molecule has 0 spiro atoms. The summed E-state index contributed by atoms with van der Waals surface area (Å²) in [5.74, 6) is -0.137. The van der Waals surface area contributed by atoms with Crippen LogP contribution in [0.3, 0.4) is 0 Å². The Balaban J connectivity index is 1.81. The maximum atomic E-state index is 13.3. The number of hydrogen-bond acceptors (Lipinski definition) is 5. The topological polar surface area (TPSA) is 55.3 Å². The summed E-state index contributed by atoms with van der Waals surface area (Å²) in [4.78, 5) is 23.5. The molecular weight excluding hydrogens is 413 g/mol. The molecule has 0 unspecified atom stereocenters. The molecule has 8 heteroatoms. The second-order valence-corrected chi connectivity index (χ2v) is 7.57. The highest BCUT2D eigenvalue weighted by Gasteiger charge is 2.23. The van der Waals surface area contributed by atoms with Crippen molar-refractivity contribution < 1.29 is 13.9 Å². The van der Waals surface area contributed by atoms with E-state index in [0.29, 0.717) is 27.0 Å². The van der Waals surface area contributed by atoms with Gasteiger partial charge in [0.1, 0.15) is 17.1 Å². The van der Waals surface area contributed by atoms with Gasteiger partial charge in [-0.3, -0.25) is 14.7 Å². The molecule has 29 heavy (non-hydrogen) atoms. The highest BCUT2D eigenvalue weighted by molar-refractivity contribution is 7.23. The first-order valence-electron chi connectivity index (χ1n) is 8.66. The normalized spacial score (nSPS) is 10.9. The third-order valence-corrected chi connectivity index (χ3v) is 5.84. The third kappa shape index (κ3) is 3.92. The number of methoxy groups -OCH3 is 1. The number of fused-ring (bicyclic) bond motifs is 1. The van der Waals surface area contributed by atoms with E-state index in [1.54, 1.807) is 37.7 Å². The van der Waals surface area contributed by atoms with Crippen LogP contribution in [0.5, 0.6) is 5.75 Å². The minimum Gasteiger partial charge on any atom is -0.494 e. The number of ether oxygens (including phenoxy) is 1. The number of nitrogens with zero attached hydrogens (tertiary/aromatic N) is 3. The second kappa shape index (κ2) is 8.14. The lowest BCUT2D eigenvalue weighted by Crippen LogP contribution is -2.30. The standard InChI is InChI=1S/C21H15ClFN3O2S/c1-28-17-9-8-16(22)19-18(17)25-21(29-19)26(12-13-3-2-10-24-11-13)20(27)14-4-6-15(23)7-5-14/h2-11H,12H2,1H3. The number of benzene rings is 2. The number of carbonyl (C=O) groups excluding carboxylic acids is 1. The summed E-state index contributed by atoms with van der Waals surface area (Å²) in [5, 5.41) is 0.990. The predicted molar refractivity (Wildman–Crippen MR) is 112 cm³/mol. The van der Waals surface area contributed by atoms with Crippen molar-refractivity contribution in [1.29, 1.82) is 0 Å². The number of pyridine rings is 1. The Labute approximate surface area is 175 Å². The van der Waals surface area contributed by atoms with Gasteiger partial charge in [-0.25, -0.2) is 9.37 Å². The number of rotatable bonds is 5. The van der Waals surface area contributed by atoms with Crippen LogP contribution >= 0.6 is 22.9 Å². The Hall–Kier alpha value is -3.03. The molecule has 4 rings (SSSR count). The zero-order chi connectivity index (χ0) is 20.4. The molecule has 2 heterocycles. The van der Waals surface area contributed by atoms with Gasteiger partial charge in [0, 0.05) is 18.0 Å². The summed E-state index contributed by atoms with van der Waals surface area (Å²) in [6, 6.07) is 12.6. The number of thiazole rings is 1. The lowest BCUT2D eigenvalue weighted by atomic mass is 10.2. The molecule has 0 saturated heterocycles. The number of amides is 1. The molecule has 5 nitrogen and oxygen atoms in total. The Kier molecular flexibility index (Phi) is 5.42. The monoisotopic (exact) mass is 427 g/mol. The molecule has 2 aromatic carbocycles. The van der Waals surface area contributed by atoms with Crippen molar-refractivity contribution in [3.63, 3.8) is 0 Å². The summed E-state index contributed by atoms with van der Waals surface area (Å²) >= 11 is 7.63. The Morgan fingerprint density at radius 2 is 2.00 bits per heavy atom. The average molecular weight is 428 g/mol. The summed E-state index contributed by atoms with van der Waals surface area (Å²) in [5.41, 5.74) is 1.77. The van der Waals surface area contributed by atoms with Crippen LogP contribution in [0.4, 0.5) is 9.52 Å². The molecule has 0 atom stereocenters. The van der Waals surface area contributed by atoms with Crippen LogP contribution in [0.15, 0.2) is 60.9 Å². The van der Waals surface area contributed by atoms with Gasteiger partial charge in [0.05, 0.1) is 23.4 Å². The zero-order valence-electron chi connectivity index (χ0n) is 15.3. The lowest BCUT2D eigenvalue weighted by molar-refractivity contribution is 0.0985. The molecule has 0 bridgehead atoms. The summed E-state index contributed by atoms with van der Waals surface area (Å²) in [6.07, 6.45) is 3.35. The number of aromatic nitrogens is 2. The van der Waals surface area contributed by atoms with Gasteiger partial charge in [-0.05, 0) is 48.0 Å². The SMILES string of the molecule is COc1ccc(Cl)c2sc(N(Cc3cccnc3)C(=O)c3ccc(F)cc3)nc12. The van der Waals surface area contributed by atoms with Crippen LogP contribution in [-0.4, -0.2) is 23.0 Å². The average Bonchev–Trinajstić information content (AvgIpc) is 3.19. The molecule has 2 aromatic heterocycles. The largest absolute Gasteiger partial charge is 0.494 e. The van der Waals surface area contributed by atoms with Gasteiger partial charge >= 0.3 is 0 Å². The highest BCUT2D eigenvalue weighted by Crippen LogP contribution is 2.39. The van der Waals surface area contributed by atoms with Crippen LogP contribution < -0.4 is 9.64 Å². The Morgan fingerprint density at radius 1 is 1.21 bits per heavy atom. The van der Waals surface area contributed by atoms with Gasteiger partial charge in [-0.15, -0.1) is 0 Å². The van der Waals surface area contributed by atoms with Crippen molar-refractivity contribution in [1.82, 2.24) is 9.97 Å². The second-order valence-electron chi connectivity index (χ2n) is 6.18. The Morgan fingerprint density at radius 3 is 2.69 bits per heavy atom. The van der Waals surface area contributed by atoms with Gasteiger partial charge in [-0.1, -0.05) is 29.0 Å². The van der Waals surface area contributed by atoms with Crippen LogP contribution in [0, 0.1) is 5.82 Å². The quantitative estimate of drug-likeness (QED) is 0.431. The van der Waals surface area contributed by atoms with E-state index in [1.807, 2.05) is 6.07 Å². The number of hydrogen-bond donors (Lipinski definition) is 0. The molecule has 0 N–H and O–H groups in total. The number of carbonyl (C=O) groups is 1. The van der Waals surface area contributed by atoms with Gasteiger partial charge in [0.2, 0.25) is 0 Å². The van der Waals surface area contributed by atoms with Crippen LogP contribution in [0.2, 0.25) is 5.02 Å². The highest BCUT2D eigenvalue weighted by atomic mass is 35.5. The number of halogens is 2. The lowest BCUT2D eigenvalue weighted by Gasteiger charge is -2.20.